The molecular formula is C16H20N2O2S. The van der Waals surface area contributed by atoms with Crippen LogP contribution in [0.4, 0.5) is 11.4 Å². The lowest BCUT2D eigenvalue weighted by Gasteiger charge is -2.13. The van der Waals surface area contributed by atoms with Crippen LogP contribution in [0.3, 0.4) is 0 Å². The number of rotatable bonds is 4. The van der Waals surface area contributed by atoms with Gasteiger partial charge < -0.3 is 5.73 Å². The lowest BCUT2D eigenvalue weighted by molar-refractivity contribution is 0.600. The molecule has 2 rings (SSSR count). The van der Waals surface area contributed by atoms with E-state index in [9.17, 15) is 8.42 Å². The Bertz CT molecular complexity index is 753. The monoisotopic (exact) mass is 304 g/mol. The number of hydrogen-bond donors (Lipinski definition) is 2. The summed E-state index contributed by atoms with van der Waals surface area (Å²) >= 11 is 0. The molecule has 112 valence electrons. The maximum atomic E-state index is 12.5. The highest BCUT2D eigenvalue weighted by Gasteiger charge is 2.17. The minimum Gasteiger partial charge on any atom is -0.399 e. The van der Waals surface area contributed by atoms with E-state index in [0.717, 1.165) is 5.56 Å². The summed E-state index contributed by atoms with van der Waals surface area (Å²) in [6, 6.07) is 12.3. The molecule has 0 atom stereocenters. The highest BCUT2D eigenvalue weighted by molar-refractivity contribution is 7.92. The molecule has 0 spiro atoms. The fraction of sp³-hybridized carbons (Fsp3) is 0.250. The van der Waals surface area contributed by atoms with Crippen LogP contribution in [0.15, 0.2) is 47.4 Å². The Hall–Kier alpha value is -2.01. The maximum Gasteiger partial charge on any atom is 0.262 e. The standard InChI is InChI=1S/C16H20N2O2S/c1-11(2)13-5-4-6-15(9-13)18-21(19,20)16-10-14(17)8-7-12(16)3/h4-11,18H,17H2,1-3H3. The number of nitrogen functional groups attached to an aromatic ring is 1. The van der Waals surface area contributed by atoms with Gasteiger partial charge in [0, 0.05) is 11.4 Å². The Balaban J connectivity index is 2.37. The highest BCUT2D eigenvalue weighted by Crippen LogP contribution is 2.24. The SMILES string of the molecule is Cc1ccc(N)cc1S(=O)(=O)Nc1cccc(C(C)C)c1. The Morgan fingerprint density at radius 1 is 1.10 bits per heavy atom. The van der Waals surface area contributed by atoms with Gasteiger partial charge in [-0.3, -0.25) is 4.72 Å². The number of nitrogens with two attached hydrogens (primary N) is 1. The second kappa shape index (κ2) is 5.77. The van der Waals surface area contributed by atoms with Crippen molar-refractivity contribution < 1.29 is 8.42 Å². The zero-order valence-electron chi connectivity index (χ0n) is 12.4. The number of benzene rings is 2. The van der Waals surface area contributed by atoms with E-state index in [1.807, 2.05) is 18.2 Å². The van der Waals surface area contributed by atoms with Gasteiger partial charge in [0.2, 0.25) is 0 Å². The quantitative estimate of drug-likeness (QED) is 0.849. The molecule has 5 heteroatoms. The normalized spacial score (nSPS) is 11.6. The smallest absolute Gasteiger partial charge is 0.262 e. The van der Waals surface area contributed by atoms with Crippen LogP contribution < -0.4 is 10.5 Å². The van der Waals surface area contributed by atoms with Crippen LogP contribution in [0.2, 0.25) is 0 Å². The minimum atomic E-state index is -3.64. The zero-order chi connectivity index (χ0) is 15.6. The number of sulfonamides is 1. The molecule has 0 aliphatic heterocycles. The Kier molecular flexibility index (Phi) is 4.23. The van der Waals surface area contributed by atoms with E-state index in [0.29, 0.717) is 22.9 Å². The van der Waals surface area contributed by atoms with Crippen molar-refractivity contribution in [3.8, 4) is 0 Å². The largest absolute Gasteiger partial charge is 0.399 e. The summed E-state index contributed by atoms with van der Waals surface area (Å²) in [5, 5.41) is 0. The summed E-state index contributed by atoms with van der Waals surface area (Å²) in [7, 11) is -3.64. The third kappa shape index (κ3) is 3.55. The van der Waals surface area contributed by atoms with Crippen LogP contribution >= 0.6 is 0 Å². The summed E-state index contributed by atoms with van der Waals surface area (Å²) in [6.07, 6.45) is 0. The molecule has 21 heavy (non-hydrogen) atoms. The predicted molar refractivity (Wildman–Crippen MR) is 86.9 cm³/mol. The van der Waals surface area contributed by atoms with E-state index >= 15 is 0 Å². The van der Waals surface area contributed by atoms with Gasteiger partial charge in [-0.05, 0) is 48.2 Å². The summed E-state index contributed by atoms with van der Waals surface area (Å²) in [5.41, 5.74) is 8.42. The van der Waals surface area contributed by atoms with Gasteiger partial charge in [-0.15, -0.1) is 0 Å². The summed E-state index contributed by atoms with van der Waals surface area (Å²) in [4.78, 5) is 0.206. The second-order valence-electron chi connectivity index (χ2n) is 5.41. The molecule has 0 saturated heterocycles. The van der Waals surface area contributed by atoms with E-state index < -0.39 is 10.0 Å². The average Bonchev–Trinajstić information content (AvgIpc) is 2.41. The van der Waals surface area contributed by atoms with Gasteiger partial charge in [0.25, 0.3) is 10.0 Å². The summed E-state index contributed by atoms with van der Waals surface area (Å²) < 4.78 is 27.6. The third-order valence-corrected chi connectivity index (χ3v) is 4.83. The first-order valence-corrected chi connectivity index (χ1v) is 8.27. The number of nitrogens with one attached hydrogen (secondary N) is 1. The molecule has 2 aromatic rings. The molecule has 0 heterocycles. The Morgan fingerprint density at radius 3 is 2.48 bits per heavy atom. The van der Waals surface area contributed by atoms with Gasteiger partial charge >= 0.3 is 0 Å². The molecule has 0 radical (unpaired) electrons. The van der Waals surface area contributed by atoms with Crippen molar-refractivity contribution in [2.75, 3.05) is 10.5 Å². The minimum absolute atomic E-state index is 0.206. The Morgan fingerprint density at radius 2 is 1.81 bits per heavy atom. The lowest BCUT2D eigenvalue weighted by atomic mass is 10.0. The molecule has 4 nitrogen and oxygen atoms in total. The first-order valence-electron chi connectivity index (χ1n) is 6.78. The molecule has 3 N–H and O–H groups in total. The van der Waals surface area contributed by atoms with Crippen LogP contribution in [-0.4, -0.2) is 8.42 Å². The van der Waals surface area contributed by atoms with Crippen molar-refractivity contribution in [2.45, 2.75) is 31.6 Å². The van der Waals surface area contributed by atoms with Crippen LogP contribution in [0, 0.1) is 6.92 Å². The van der Waals surface area contributed by atoms with Crippen LogP contribution in [-0.2, 0) is 10.0 Å². The Labute approximate surface area is 126 Å². The first-order chi connectivity index (χ1) is 9.79. The van der Waals surface area contributed by atoms with Gasteiger partial charge in [-0.25, -0.2) is 8.42 Å². The van der Waals surface area contributed by atoms with Gasteiger partial charge in [-0.1, -0.05) is 32.0 Å². The van der Waals surface area contributed by atoms with Gasteiger partial charge in [0.15, 0.2) is 0 Å². The lowest BCUT2D eigenvalue weighted by Crippen LogP contribution is -2.14. The third-order valence-electron chi connectivity index (χ3n) is 3.31. The number of anilines is 2. The van der Waals surface area contributed by atoms with Crippen LogP contribution in [0.5, 0.6) is 0 Å². The second-order valence-corrected chi connectivity index (χ2v) is 7.06. The highest BCUT2D eigenvalue weighted by atomic mass is 32.2. The first kappa shape index (κ1) is 15.4. The molecule has 0 fully saturated rings. The van der Waals surface area contributed by atoms with E-state index in [4.69, 9.17) is 5.73 Å². The molecule has 0 aliphatic carbocycles. The number of hydrogen-bond acceptors (Lipinski definition) is 3. The molecule has 0 aliphatic rings. The zero-order valence-corrected chi connectivity index (χ0v) is 13.2. The summed E-state index contributed by atoms with van der Waals surface area (Å²) in [5.74, 6) is 0.337. The van der Waals surface area contributed by atoms with Crippen molar-refractivity contribution in [3.63, 3.8) is 0 Å². The van der Waals surface area contributed by atoms with E-state index in [-0.39, 0.29) is 4.90 Å². The fourth-order valence-electron chi connectivity index (χ4n) is 2.08. The van der Waals surface area contributed by atoms with Crippen LogP contribution in [0.1, 0.15) is 30.9 Å². The van der Waals surface area contributed by atoms with E-state index in [2.05, 4.69) is 18.6 Å². The molecule has 0 aromatic heterocycles. The van der Waals surface area contributed by atoms with Crippen molar-refractivity contribution in [3.05, 3.63) is 53.6 Å². The van der Waals surface area contributed by atoms with Crippen molar-refractivity contribution >= 4 is 21.4 Å². The molecular weight excluding hydrogens is 284 g/mol. The topological polar surface area (TPSA) is 72.2 Å². The van der Waals surface area contributed by atoms with Crippen LogP contribution in [0.25, 0.3) is 0 Å². The predicted octanol–water partition coefficient (Wildman–Crippen LogP) is 3.50. The van der Waals surface area contributed by atoms with Crippen molar-refractivity contribution in [1.82, 2.24) is 0 Å². The van der Waals surface area contributed by atoms with Crippen molar-refractivity contribution in [2.24, 2.45) is 0 Å². The van der Waals surface area contributed by atoms with Gasteiger partial charge in [0.05, 0.1) is 4.90 Å². The molecule has 2 aromatic carbocycles. The maximum absolute atomic E-state index is 12.5. The van der Waals surface area contributed by atoms with Gasteiger partial charge in [0.1, 0.15) is 0 Å². The molecule has 0 saturated carbocycles. The fourth-order valence-corrected chi connectivity index (χ4v) is 3.41. The van der Waals surface area contributed by atoms with E-state index in [1.165, 1.54) is 6.07 Å². The van der Waals surface area contributed by atoms with Gasteiger partial charge in [-0.2, -0.15) is 0 Å². The number of aryl methyl sites for hydroxylation is 1. The molecule has 0 amide bonds. The average molecular weight is 304 g/mol. The van der Waals surface area contributed by atoms with E-state index in [1.54, 1.807) is 25.1 Å². The molecule has 0 bridgehead atoms. The molecule has 0 unspecified atom stereocenters. The van der Waals surface area contributed by atoms with Crippen molar-refractivity contribution in [1.29, 1.82) is 0 Å². The summed E-state index contributed by atoms with van der Waals surface area (Å²) in [6.45, 7) is 5.88.